The molecule has 2 heteroatoms. The largest absolute Gasteiger partial charge is 0.384 e. The molecule has 1 unspecified atom stereocenters. The summed E-state index contributed by atoms with van der Waals surface area (Å²) in [6.07, 6.45) is 2.86. The van der Waals surface area contributed by atoms with Gasteiger partial charge in [0.15, 0.2) is 0 Å². The summed E-state index contributed by atoms with van der Waals surface area (Å²) in [7, 11) is 0. The molecule has 3 N–H and O–H groups in total. The van der Waals surface area contributed by atoms with Crippen LogP contribution in [0.2, 0.25) is 0 Å². The van der Waals surface area contributed by atoms with Gasteiger partial charge >= 0.3 is 0 Å². The number of aryl methyl sites for hydroxylation is 1. The van der Waals surface area contributed by atoms with E-state index in [1.807, 2.05) is 0 Å². The molecular weight excluding hydrogens is 210 g/mol. The molecule has 1 atom stereocenters. The molecule has 0 bridgehead atoms. The van der Waals surface area contributed by atoms with Crippen molar-refractivity contribution in [2.45, 2.75) is 51.0 Å². The summed E-state index contributed by atoms with van der Waals surface area (Å²) in [4.78, 5) is 0. The van der Waals surface area contributed by atoms with Crippen molar-refractivity contribution in [3.63, 3.8) is 0 Å². The first-order valence-corrected chi connectivity index (χ1v) is 6.43. The highest BCUT2D eigenvalue weighted by molar-refractivity contribution is 5.40. The number of benzene rings is 1. The van der Waals surface area contributed by atoms with Gasteiger partial charge in [-0.15, -0.1) is 0 Å². The van der Waals surface area contributed by atoms with Crippen molar-refractivity contribution >= 4 is 0 Å². The average molecular weight is 233 g/mol. The first kappa shape index (κ1) is 12.6. The average Bonchev–Trinajstić information content (AvgIpc) is 2.28. The number of hydrogen-bond acceptors (Lipinski definition) is 2. The molecule has 0 fully saturated rings. The molecule has 0 saturated heterocycles. The van der Waals surface area contributed by atoms with Crippen molar-refractivity contribution in [2.75, 3.05) is 6.54 Å². The zero-order chi connectivity index (χ0) is 12.7. The lowest BCUT2D eigenvalue weighted by Crippen LogP contribution is -2.38. The van der Waals surface area contributed by atoms with E-state index in [9.17, 15) is 5.11 Å². The molecule has 0 radical (unpaired) electrons. The van der Waals surface area contributed by atoms with Gasteiger partial charge in [0.25, 0.3) is 0 Å². The molecular formula is C15H23NO. The Morgan fingerprint density at radius 3 is 2.65 bits per heavy atom. The van der Waals surface area contributed by atoms with Crippen LogP contribution >= 0.6 is 0 Å². The second kappa shape index (κ2) is 4.11. The molecule has 0 amide bonds. The third kappa shape index (κ3) is 2.24. The Balaban J connectivity index is 2.52. The van der Waals surface area contributed by atoms with E-state index in [2.05, 4.69) is 39.0 Å². The van der Waals surface area contributed by atoms with Crippen LogP contribution in [0.1, 0.15) is 50.3 Å². The monoisotopic (exact) mass is 233 g/mol. The zero-order valence-corrected chi connectivity index (χ0v) is 11.1. The van der Waals surface area contributed by atoms with Gasteiger partial charge in [-0.1, -0.05) is 39.0 Å². The first-order valence-electron chi connectivity index (χ1n) is 6.43. The molecule has 17 heavy (non-hydrogen) atoms. The third-order valence-electron chi connectivity index (χ3n) is 3.85. The standard InChI is InChI=1S/C15H23NO/c1-14(2,3)12-7-6-11-5-4-8-15(17,10-16)13(11)9-12/h6-7,9,17H,4-5,8,10,16H2,1-3H3. The summed E-state index contributed by atoms with van der Waals surface area (Å²) in [6.45, 7) is 6.89. The molecule has 2 nitrogen and oxygen atoms in total. The van der Waals surface area contributed by atoms with E-state index in [1.54, 1.807) is 0 Å². The number of hydrogen-bond donors (Lipinski definition) is 2. The highest BCUT2D eigenvalue weighted by atomic mass is 16.3. The van der Waals surface area contributed by atoms with Crippen LogP contribution < -0.4 is 5.73 Å². The highest BCUT2D eigenvalue weighted by Crippen LogP contribution is 2.37. The fourth-order valence-corrected chi connectivity index (χ4v) is 2.61. The summed E-state index contributed by atoms with van der Waals surface area (Å²) >= 11 is 0. The van der Waals surface area contributed by atoms with Crippen LogP contribution in [0.4, 0.5) is 0 Å². The normalized spacial score (nSPS) is 24.5. The van der Waals surface area contributed by atoms with Crippen LogP contribution in [0.3, 0.4) is 0 Å². The maximum Gasteiger partial charge on any atom is 0.102 e. The van der Waals surface area contributed by atoms with E-state index < -0.39 is 5.60 Å². The molecule has 1 aliphatic carbocycles. The fourth-order valence-electron chi connectivity index (χ4n) is 2.61. The van der Waals surface area contributed by atoms with Gasteiger partial charge in [-0.25, -0.2) is 0 Å². The lowest BCUT2D eigenvalue weighted by atomic mass is 9.76. The van der Waals surface area contributed by atoms with E-state index in [0.29, 0.717) is 6.54 Å². The van der Waals surface area contributed by atoms with E-state index in [1.165, 1.54) is 11.1 Å². The van der Waals surface area contributed by atoms with Gasteiger partial charge in [0.1, 0.15) is 5.60 Å². The minimum Gasteiger partial charge on any atom is -0.384 e. The Labute approximate surface area is 104 Å². The summed E-state index contributed by atoms with van der Waals surface area (Å²) in [5.41, 5.74) is 8.65. The second-order valence-electron chi connectivity index (χ2n) is 6.21. The number of fused-ring (bicyclic) bond motifs is 1. The van der Waals surface area contributed by atoms with Crippen molar-refractivity contribution in [3.8, 4) is 0 Å². The first-order chi connectivity index (χ1) is 7.87. The van der Waals surface area contributed by atoms with Crippen LogP contribution in [0, 0.1) is 0 Å². The van der Waals surface area contributed by atoms with Crippen molar-refractivity contribution in [1.29, 1.82) is 0 Å². The Bertz CT molecular complexity index is 419. The molecule has 1 aromatic carbocycles. The lowest BCUT2D eigenvalue weighted by Gasteiger charge is -2.35. The van der Waals surface area contributed by atoms with E-state index in [0.717, 1.165) is 24.8 Å². The highest BCUT2D eigenvalue weighted by Gasteiger charge is 2.33. The Hall–Kier alpha value is -0.860. The van der Waals surface area contributed by atoms with Crippen LogP contribution in [0.5, 0.6) is 0 Å². The van der Waals surface area contributed by atoms with Gasteiger partial charge in [-0.2, -0.15) is 0 Å². The maximum atomic E-state index is 10.6. The van der Waals surface area contributed by atoms with Crippen molar-refractivity contribution < 1.29 is 5.11 Å². The minimum absolute atomic E-state index is 0.113. The smallest absolute Gasteiger partial charge is 0.102 e. The van der Waals surface area contributed by atoms with Gasteiger partial charge in [0.05, 0.1) is 0 Å². The van der Waals surface area contributed by atoms with E-state index >= 15 is 0 Å². The SMILES string of the molecule is CC(C)(C)c1ccc2c(c1)C(O)(CN)CCC2. The van der Waals surface area contributed by atoms with Crippen LogP contribution in [0.25, 0.3) is 0 Å². The predicted molar refractivity (Wildman–Crippen MR) is 71.0 cm³/mol. The summed E-state index contributed by atoms with van der Waals surface area (Å²) in [6, 6.07) is 6.50. The zero-order valence-electron chi connectivity index (χ0n) is 11.1. The Kier molecular flexibility index (Phi) is 3.04. The molecule has 0 spiro atoms. The number of aliphatic hydroxyl groups is 1. The van der Waals surface area contributed by atoms with E-state index in [-0.39, 0.29) is 5.41 Å². The number of rotatable bonds is 1. The fraction of sp³-hybridized carbons (Fsp3) is 0.600. The van der Waals surface area contributed by atoms with Gasteiger partial charge in [0.2, 0.25) is 0 Å². The molecule has 0 aliphatic heterocycles. The predicted octanol–water partition coefficient (Wildman–Crippen LogP) is 2.47. The van der Waals surface area contributed by atoms with Crippen molar-refractivity contribution in [2.24, 2.45) is 5.73 Å². The summed E-state index contributed by atoms with van der Waals surface area (Å²) in [5, 5.41) is 10.6. The van der Waals surface area contributed by atoms with Crippen molar-refractivity contribution in [3.05, 3.63) is 34.9 Å². The topological polar surface area (TPSA) is 46.2 Å². The van der Waals surface area contributed by atoms with Gasteiger partial charge < -0.3 is 10.8 Å². The van der Waals surface area contributed by atoms with Gasteiger partial charge in [-0.05, 0) is 41.4 Å². The lowest BCUT2D eigenvalue weighted by molar-refractivity contribution is 0.0278. The van der Waals surface area contributed by atoms with Crippen LogP contribution in [-0.2, 0) is 17.4 Å². The quantitative estimate of drug-likeness (QED) is 0.782. The summed E-state index contributed by atoms with van der Waals surface area (Å²) < 4.78 is 0. The molecule has 2 rings (SSSR count). The Morgan fingerprint density at radius 1 is 1.35 bits per heavy atom. The van der Waals surface area contributed by atoms with Crippen molar-refractivity contribution in [1.82, 2.24) is 0 Å². The molecule has 0 aromatic heterocycles. The summed E-state index contributed by atoms with van der Waals surface area (Å²) in [5.74, 6) is 0. The molecule has 1 aromatic rings. The van der Waals surface area contributed by atoms with Crippen LogP contribution in [0.15, 0.2) is 18.2 Å². The number of nitrogens with two attached hydrogens (primary N) is 1. The van der Waals surface area contributed by atoms with E-state index in [4.69, 9.17) is 5.73 Å². The maximum absolute atomic E-state index is 10.6. The molecule has 1 aliphatic rings. The minimum atomic E-state index is -0.811. The van der Waals surface area contributed by atoms with Gasteiger partial charge in [-0.3, -0.25) is 0 Å². The Morgan fingerprint density at radius 2 is 2.06 bits per heavy atom. The molecule has 0 saturated carbocycles. The second-order valence-corrected chi connectivity index (χ2v) is 6.21. The third-order valence-corrected chi connectivity index (χ3v) is 3.85. The van der Waals surface area contributed by atoms with Gasteiger partial charge in [0, 0.05) is 6.54 Å². The van der Waals surface area contributed by atoms with Crippen LogP contribution in [-0.4, -0.2) is 11.7 Å². The molecule has 94 valence electrons. The molecule has 0 heterocycles.